The highest BCUT2D eigenvalue weighted by Crippen LogP contribution is 2.33. The molecule has 4 heteroatoms. The van der Waals surface area contributed by atoms with E-state index in [1.165, 1.54) is 0 Å². The molecule has 0 aromatic carbocycles. The van der Waals surface area contributed by atoms with Crippen LogP contribution in [-0.2, 0) is 4.74 Å². The molecular weight excluding hydrogens is 234 g/mol. The fraction of sp³-hybridized carbons (Fsp3) is 0.923. The quantitative estimate of drug-likeness (QED) is 0.776. The fourth-order valence-corrected chi connectivity index (χ4v) is 3.38. The second-order valence-corrected chi connectivity index (χ2v) is 7.66. The molecule has 0 atom stereocenters. The minimum absolute atomic E-state index is 0.133. The fourth-order valence-electron chi connectivity index (χ4n) is 1.94. The maximum atomic E-state index is 11.6. The molecule has 0 unspecified atom stereocenters. The van der Waals surface area contributed by atoms with Crippen molar-refractivity contribution in [3.63, 3.8) is 0 Å². The Bertz CT molecular complexity index is 242. The van der Waals surface area contributed by atoms with Gasteiger partial charge >= 0.3 is 6.09 Å². The standard InChI is InChI=1S/C13H25NO2S/c1-5-10-16-12(15)14-8-6-11(7-9-14)17-13(2,3)4/h11H,5-10H2,1-4H3. The molecule has 1 amide bonds. The molecule has 0 spiro atoms. The van der Waals surface area contributed by atoms with Crippen molar-refractivity contribution in [3.8, 4) is 0 Å². The number of nitrogens with zero attached hydrogens (tertiary/aromatic N) is 1. The average Bonchev–Trinajstić information content (AvgIpc) is 2.24. The van der Waals surface area contributed by atoms with Crippen LogP contribution in [0.3, 0.4) is 0 Å². The molecule has 1 aliphatic rings. The highest BCUT2D eigenvalue weighted by atomic mass is 32.2. The van der Waals surface area contributed by atoms with Crippen molar-refractivity contribution >= 4 is 17.9 Å². The van der Waals surface area contributed by atoms with Crippen LogP contribution in [0.4, 0.5) is 4.79 Å². The van der Waals surface area contributed by atoms with Crippen LogP contribution in [-0.4, -0.2) is 40.7 Å². The van der Waals surface area contributed by atoms with Crippen LogP contribution >= 0.6 is 11.8 Å². The SMILES string of the molecule is CCCOC(=O)N1CCC(SC(C)(C)C)CC1. The van der Waals surface area contributed by atoms with Crippen molar-refractivity contribution in [3.05, 3.63) is 0 Å². The summed E-state index contributed by atoms with van der Waals surface area (Å²) < 4.78 is 5.46. The van der Waals surface area contributed by atoms with Gasteiger partial charge in [-0.15, -0.1) is 0 Å². The molecule has 17 heavy (non-hydrogen) atoms. The Morgan fingerprint density at radius 1 is 1.35 bits per heavy atom. The summed E-state index contributed by atoms with van der Waals surface area (Å²) in [5.74, 6) is 0. The van der Waals surface area contributed by atoms with Gasteiger partial charge in [-0.3, -0.25) is 0 Å². The Balaban J connectivity index is 2.28. The van der Waals surface area contributed by atoms with Gasteiger partial charge < -0.3 is 9.64 Å². The van der Waals surface area contributed by atoms with E-state index < -0.39 is 0 Å². The predicted molar refractivity (Wildman–Crippen MR) is 73.6 cm³/mol. The van der Waals surface area contributed by atoms with E-state index in [1.54, 1.807) is 0 Å². The third-order valence-electron chi connectivity index (χ3n) is 2.65. The highest BCUT2D eigenvalue weighted by molar-refractivity contribution is 8.01. The summed E-state index contributed by atoms with van der Waals surface area (Å²) in [4.78, 5) is 13.5. The van der Waals surface area contributed by atoms with Crippen molar-refractivity contribution in [1.82, 2.24) is 4.90 Å². The van der Waals surface area contributed by atoms with Crippen LogP contribution < -0.4 is 0 Å². The summed E-state index contributed by atoms with van der Waals surface area (Å²) in [5.41, 5.74) is 0. The lowest BCUT2D eigenvalue weighted by Crippen LogP contribution is -2.40. The zero-order chi connectivity index (χ0) is 12.9. The van der Waals surface area contributed by atoms with Crippen molar-refractivity contribution in [2.45, 2.75) is 57.0 Å². The molecule has 0 aromatic heterocycles. The minimum atomic E-state index is -0.133. The van der Waals surface area contributed by atoms with Crippen molar-refractivity contribution < 1.29 is 9.53 Å². The summed E-state index contributed by atoms with van der Waals surface area (Å²) in [7, 11) is 0. The summed E-state index contributed by atoms with van der Waals surface area (Å²) in [6.45, 7) is 11.0. The van der Waals surface area contributed by atoms with E-state index >= 15 is 0 Å². The Hall–Kier alpha value is -0.380. The van der Waals surface area contributed by atoms with Crippen molar-refractivity contribution in [1.29, 1.82) is 0 Å². The summed E-state index contributed by atoms with van der Waals surface area (Å²) in [6.07, 6.45) is 2.93. The molecule has 100 valence electrons. The minimum Gasteiger partial charge on any atom is -0.449 e. The van der Waals surface area contributed by atoms with E-state index in [0.717, 1.165) is 32.4 Å². The molecule has 1 heterocycles. The second-order valence-electron chi connectivity index (χ2n) is 5.53. The largest absolute Gasteiger partial charge is 0.449 e. The van der Waals surface area contributed by atoms with Crippen LogP contribution in [0.1, 0.15) is 47.0 Å². The highest BCUT2D eigenvalue weighted by Gasteiger charge is 2.26. The molecule has 1 rings (SSSR count). The number of hydrogen-bond acceptors (Lipinski definition) is 3. The number of hydrogen-bond donors (Lipinski definition) is 0. The monoisotopic (exact) mass is 259 g/mol. The second kappa shape index (κ2) is 6.53. The summed E-state index contributed by atoms with van der Waals surface area (Å²) >= 11 is 2.03. The molecule has 0 N–H and O–H groups in total. The lowest BCUT2D eigenvalue weighted by atomic mass is 10.1. The normalized spacial score (nSPS) is 18.2. The Morgan fingerprint density at radius 2 is 1.94 bits per heavy atom. The first kappa shape index (κ1) is 14.7. The van der Waals surface area contributed by atoms with Gasteiger partial charge in [-0.05, 0) is 19.3 Å². The Morgan fingerprint density at radius 3 is 2.41 bits per heavy atom. The number of ether oxygens (including phenoxy) is 1. The zero-order valence-corrected chi connectivity index (χ0v) is 12.3. The van der Waals surface area contributed by atoms with Gasteiger partial charge in [0.15, 0.2) is 0 Å². The zero-order valence-electron chi connectivity index (χ0n) is 11.5. The molecular formula is C13H25NO2S. The summed E-state index contributed by atoms with van der Waals surface area (Å²) in [5, 5.41) is 0.685. The first-order valence-electron chi connectivity index (χ1n) is 6.52. The molecule has 3 nitrogen and oxygen atoms in total. The van der Waals surface area contributed by atoms with E-state index in [4.69, 9.17) is 4.74 Å². The number of carbonyl (C=O) groups is 1. The van der Waals surface area contributed by atoms with Gasteiger partial charge in [0.2, 0.25) is 0 Å². The van der Waals surface area contributed by atoms with Gasteiger partial charge in [0.25, 0.3) is 0 Å². The summed E-state index contributed by atoms with van der Waals surface area (Å²) in [6, 6.07) is 0. The van der Waals surface area contributed by atoms with Crippen LogP contribution in [0.15, 0.2) is 0 Å². The third-order valence-corrected chi connectivity index (χ3v) is 4.16. The van der Waals surface area contributed by atoms with Crippen LogP contribution in [0, 0.1) is 0 Å². The first-order valence-corrected chi connectivity index (χ1v) is 7.40. The van der Waals surface area contributed by atoms with E-state index in [0.29, 0.717) is 16.6 Å². The Labute approximate surface area is 109 Å². The van der Waals surface area contributed by atoms with E-state index in [9.17, 15) is 4.79 Å². The van der Waals surface area contributed by atoms with E-state index in [1.807, 2.05) is 23.6 Å². The van der Waals surface area contributed by atoms with E-state index in [-0.39, 0.29) is 6.09 Å². The van der Waals surface area contributed by atoms with Gasteiger partial charge in [0.05, 0.1) is 6.61 Å². The van der Waals surface area contributed by atoms with Gasteiger partial charge in [-0.25, -0.2) is 4.79 Å². The lowest BCUT2D eigenvalue weighted by molar-refractivity contribution is 0.0959. The number of piperidine rings is 1. The number of thioether (sulfide) groups is 1. The van der Waals surface area contributed by atoms with E-state index in [2.05, 4.69) is 20.8 Å². The van der Waals surface area contributed by atoms with Gasteiger partial charge in [-0.1, -0.05) is 27.7 Å². The van der Waals surface area contributed by atoms with Crippen LogP contribution in [0.5, 0.6) is 0 Å². The van der Waals surface area contributed by atoms with Crippen molar-refractivity contribution in [2.75, 3.05) is 19.7 Å². The maximum Gasteiger partial charge on any atom is 0.409 e. The maximum absolute atomic E-state index is 11.6. The van der Waals surface area contributed by atoms with Crippen LogP contribution in [0.2, 0.25) is 0 Å². The molecule has 0 saturated carbocycles. The molecule has 0 bridgehead atoms. The van der Waals surface area contributed by atoms with Crippen molar-refractivity contribution in [2.24, 2.45) is 0 Å². The topological polar surface area (TPSA) is 29.5 Å². The molecule has 1 saturated heterocycles. The Kier molecular flexibility index (Phi) is 5.63. The lowest BCUT2D eigenvalue weighted by Gasteiger charge is -2.34. The molecule has 0 aromatic rings. The van der Waals surface area contributed by atoms with Gasteiger partial charge in [0, 0.05) is 23.1 Å². The predicted octanol–water partition coefficient (Wildman–Crippen LogP) is 3.53. The number of amides is 1. The molecule has 0 radical (unpaired) electrons. The van der Waals surface area contributed by atoms with Gasteiger partial charge in [-0.2, -0.15) is 11.8 Å². The number of likely N-dealkylation sites (tertiary alicyclic amines) is 1. The number of carbonyl (C=O) groups excluding carboxylic acids is 1. The molecule has 0 aliphatic carbocycles. The van der Waals surface area contributed by atoms with Crippen LogP contribution in [0.25, 0.3) is 0 Å². The van der Waals surface area contributed by atoms with Gasteiger partial charge in [0.1, 0.15) is 0 Å². The molecule has 1 fully saturated rings. The first-order chi connectivity index (χ1) is 7.92. The number of rotatable bonds is 3. The third kappa shape index (κ3) is 5.66. The smallest absolute Gasteiger partial charge is 0.409 e. The average molecular weight is 259 g/mol. The molecule has 1 aliphatic heterocycles.